The van der Waals surface area contributed by atoms with Crippen LogP contribution in [0, 0.1) is 5.92 Å². The monoisotopic (exact) mass is 504 g/mol. The molecule has 0 aliphatic heterocycles. The number of unbranched alkanes of at least 4 members (excludes halogenated alkanes) is 11. The van der Waals surface area contributed by atoms with E-state index in [0.29, 0.717) is 18.9 Å². The first-order chi connectivity index (χ1) is 17.3. The molecule has 36 heavy (non-hydrogen) atoms. The van der Waals surface area contributed by atoms with Crippen LogP contribution < -0.4 is 0 Å². The van der Waals surface area contributed by atoms with E-state index >= 15 is 0 Å². The van der Waals surface area contributed by atoms with Crippen molar-refractivity contribution >= 4 is 5.97 Å². The van der Waals surface area contributed by atoms with E-state index in [0.717, 1.165) is 38.5 Å². The SMILES string of the molecule is CCCCCCCC/C=C\CCCCCCCC(=O)OC/C=C(/C)CCC[C@H](C)C[C@@H](O)C=C(C)C. The molecule has 0 saturated carbocycles. The second-order valence-corrected chi connectivity index (χ2v) is 11.1. The van der Waals surface area contributed by atoms with Crippen LogP contribution in [0.2, 0.25) is 0 Å². The maximum absolute atomic E-state index is 12.0. The summed E-state index contributed by atoms with van der Waals surface area (Å²) in [6.45, 7) is 11.0. The van der Waals surface area contributed by atoms with Gasteiger partial charge < -0.3 is 9.84 Å². The second kappa shape index (κ2) is 25.3. The van der Waals surface area contributed by atoms with Gasteiger partial charge in [-0.25, -0.2) is 0 Å². The minimum atomic E-state index is -0.331. The zero-order valence-corrected chi connectivity index (χ0v) is 24.7. The number of esters is 1. The Morgan fingerprint density at radius 3 is 2.00 bits per heavy atom. The van der Waals surface area contributed by atoms with Crippen LogP contribution in [0.1, 0.15) is 150 Å². The highest BCUT2D eigenvalue weighted by molar-refractivity contribution is 5.69. The molecule has 0 unspecified atom stereocenters. The summed E-state index contributed by atoms with van der Waals surface area (Å²) in [5, 5.41) is 10.0. The molecule has 0 spiro atoms. The number of rotatable bonds is 24. The standard InChI is InChI=1S/C33H60O3/c1-6-7-8-9-10-11-12-13-14-15-16-17-18-19-20-24-33(35)36-26-25-30(4)22-21-23-31(5)28-32(34)27-29(2)3/h13-14,25,27,31-32,34H,6-12,15-24,26,28H2,1-5H3/b14-13-,30-25-/t31-,32-/m0/s1. The number of allylic oxidation sites excluding steroid dienone is 4. The zero-order valence-electron chi connectivity index (χ0n) is 24.7. The molecule has 0 rings (SSSR count). The van der Waals surface area contributed by atoms with Gasteiger partial charge in [0.2, 0.25) is 0 Å². The Labute approximate surface area is 224 Å². The van der Waals surface area contributed by atoms with E-state index < -0.39 is 0 Å². The first-order valence-corrected chi connectivity index (χ1v) is 15.1. The molecule has 0 aliphatic rings. The quantitative estimate of drug-likeness (QED) is 0.0808. The highest BCUT2D eigenvalue weighted by atomic mass is 16.5. The van der Waals surface area contributed by atoms with E-state index in [4.69, 9.17) is 4.74 Å². The van der Waals surface area contributed by atoms with Crippen LogP contribution in [0.4, 0.5) is 0 Å². The minimum Gasteiger partial charge on any atom is -0.461 e. The van der Waals surface area contributed by atoms with Crippen LogP contribution in [0.15, 0.2) is 35.5 Å². The molecule has 0 amide bonds. The first-order valence-electron chi connectivity index (χ1n) is 15.1. The Kier molecular flexibility index (Phi) is 24.4. The molecule has 0 fully saturated rings. The third kappa shape index (κ3) is 25.7. The van der Waals surface area contributed by atoms with Gasteiger partial charge in [-0.3, -0.25) is 4.79 Å². The number of aliphatic hydroxyl groups excluding tert-OH is 1. The lowest BCUT2D eigenvalue weighted by molar-refractivity contribution is -0.142. The summed E-state index contributed by atoms with van der Waals surface area (Å²) in [4.78, 5) is 12.0. The molecule has 2 atom stereocenters. The third-order valence-corrected chi connectivity index (χ3v) is 6.76. The largest absolute Gasteiger partial charge is 0.461 e. The second-order valence-electron chi connectivity index (χ2n) is 11.1. The van der Waals surface area contributed by atoms with Gasteiger partial charge in [0.25, 0.3) is 0 Å². The van der Waals surface area contributed by atoms with Gasteiger partial charge >= 0.3 is 5.97 Å². The Bertz CT molecular complexity index is 598. The molecule has 0 bridgehead atoms. The number of hydrogen-bond acceptors (Lipinski definition) is 3. The van der Waals surface area contributed by atoms with Crippen LogP contribution in [0.25, 0.3) is 0 Å². The van der Waals surface area contributed by atoms with Gasteiger partial charge in [0.1, 0.15) is 6.61 Å². The van der Waals surface area contributed by atoms with E-state index in [9.17, 15) is 9.90 Å². The van der Waals surface area contributed by atoms with Crippen LogP contribution in [-0.4, -0.2) is 23.8 Å². The zero-order chi connectivity index (χ0) is 26.9. The molecular formula is C33H60O3. The molecule has 0 saturated heterocycles. The van der Waals surface area contributed by atoms with Crippen molar-refractivity contribution in [2.24, 2.45) is 5.92 Å². The van der Waals surface area contributed by atoms with Gasteiger partial charge in [0.15, 0.2) is 0 Å². The molecule has 3 heteroatoms. The fourth-order valence-electron chi connectivity index (χ4n) is 4.50. The van der Waals surface area contributed by atoms with Crippen molar-refractivity contribution in [3.8, 4) is 0 Å². The summed E-state index contributed by atoms with van der Waals surface area (Å²) in [6.07, 6.45) is 29.4. The summed E-state index contributed by atoms with van der Waals surface area (Å²) in [5.74, 6) is 0.436. The molecule has 0 aromatic carbocycles. The molecule has 0 aliphatic carbocycles. The van der Waals surface area contributed by atoms with Gasteiger partial charge in [-0.05, 0) is 84.1 Å². The maximum Gasteiger partial charge on any atom is 0.306 e. The molecular weight excluding hydrogens is 444 g/mol. The fourth-order valence-corrected chi connectivity index (χ4v) is 4.50. The fraction of sp³-hybridized carbons (Fsp3) is 0.788. The molecule has 0 radical (unpaired) electrons. The average molecular weight is 505 g/mol. The maximum atomic E-state index is 12.0. The molecule has 210 valence electrons. The molecule has 0 aromatic heterocycles. The number of carbonyl (C=O) groups is 1. The topological polar surface area (TPSA) is 46.5 Å². The van der Waals surface area contributed by atoms with Gasteiger partial charge in [0, 0.05) is 6.42 Å². The normalized spacial score (nSPS) is 13.7. The van der Waals surface area contributed by atoms with Crippen LogP contribution >= 0.6 is 0 Å². The van der Waals surface area contributed by atoms with E-state index in [1.54, 1.807) is 0 Å². The average Bonchev–Trinajstić information content (AvgIpc) is 2.81. The number of carbonyl (C=O) groups excluding carboxylic acids is 1. The lowest BCUT2D eigenvalue weighted by Crippen LogP contribution is -2.09. The Morgan fingerprint density at radius 1 is 0.806 bits per heavy atom. The smallest absolute Gasteiger partial charge is 0.306 e. The van der Waals surface area contributed by atoms with Crippen LogP contribution in [0.5, 0.6) is 0 Å². The van der Waals surface area contributed by atoms with Crippen LogP contribution in [0.3, 0.4) is 0 Å². The molecule has 3 nitrogen and oxygen atoms in total. The highest BCUT2D eigenvalue weighted by Gasteiger charge is 2.08. The lowest BCUT2D eigenvalue weighted by Gasteiger charge is -2.14. The van der Waals surface area contributed by atoms with Gasteiger partial charge in [-0.2, -0.15) is 0 Å². The van der Waals surface area contributed by atoms with Crippen molar-refractivity contribution in [3.05, 3.63) is 35.5 Å². The van der Waals surface area contributed by atoms with E-state index in [2.05, 4.69) is 32.9 Å². The lowest BCUT2D eigenvalue weighted by atomic mass is 9.95. The molecule has 0 aromatic rings. The summed E-state index contributed by atoms with van der Waals surface area (Å²) in [7, 11) is 0. The van der Waals surface area contributed by atoms with E-state index in [-0.39, 0.29) is 12.1 Å². The number of aliphatic hydroxyl groups is 1. The predicted octanol–water partition coefficient (Wildman–Crippen LogP) is 10.0. The van der Waals surface area contributed by atoms with Gasteiger partial charge in [-0.15, -0.1) is 0 Å². The third-order valence-electron chi connectivity index (χ3n) is 6.76. The van der Waals surface area contributed by atoms with E-state index in [1.165, 1.54) is 81.8 Å². The van der Waals surface area contributed by atoms with Crippen molar-refractivity contribution in [3.63, 3.8) is 0 Å². The van der Waals surface area contributed by atoms with Crippen molar-refractivity contribution in [1.29, 1.82) is 0 Å². The van der Waals surface area contributed by atoms with Crippen molar-refractivity contribution in [2.75, 3.05) is 6.61 Å². The summed E-state index contributed by atoms with van der Waals surface area (Å²) in [6, 6.07) is 0. The number of hydrogen-bond donors (Lipinski definition) is 1. The van der Waals surface area contributed by atoms with Gasteiger partial charge in [0.05, 0.1) is 6.10 Å². The first kappa shape index (κ1) is 34.6. The highest BCUT2D eigenvalue weighted by Crippen LogP contribution is 2.18. The summed E-state index contributed by atoms with van der Waals surface area (Å²) < 4.78 is 5.38. The number of ether oxygens (including phenoxy) is 1. The summed E-state index contributed by atoms with van der Waals surface area (Å²) >= 11 is 0. The van der Waals surface area contributed by atoms with Crippen molar-refractivity contribution in [1.82, 2.24) is 0 Å². The van der Waals surface area contributed by atoms with Gasteiger partial charge in [-0.1, -0.05) is 101 Å². The Hall–Kier alpha value is -1.35. The Morgan fingerprint density at radius 2 is 1.39 bits per heavy atom. The van der Waals surface area contributed by atoms with Crippen molar-refractivity contribution < 1.29 is 14.6 Å². The Balaban J connectivity index is 3.59. The van der Waals surface area contributed by atoms with E-state index in [1.807, 2.05) is 26.0 Å². The van der Waals surface area contributed by atoms with Crippen molar-refractivity contribution in [2.45, 2.75) is 156 Å². The minimum absolute atomic E-state index is 0.0708. The predicted molar refractivity (Wildman–Crippen MR) is 157 cm³/mol. The molecule has 0 heterocycles. The molecule has 1 N–H and O–H groups in total. The van der Waals surface area contributed by atoms with Crippen LogP contribution in [-0.2, 0) is 9.53 Å². The summed E-state index contributed by atoms with van der Waals surface area (Å²) in [5.41, 5.74) is 2.45.